The minimum Gasteiger partial charge on any atom is -0.348 e. The van der Waals surface area contributed by atoms with E-state index in [1.54, 1.807) is 18.3 Å². The average Bonchev–Trinajstić information content (AvgIpc) is 3.24. The molecule has 0 bridgehead atoms. The SMILES string of the molecule is Cn1ccnc1C(NC1CCC2(CC1)OCCO2)c1cccc(F)c1. The van der Waals surface area contributed by atoms with Crippen molar-refractivity contribution >= 4 is 0 Å². The first-order valence-corrected chi connectivity index (χ1v) is 8.92. The monoisotopic (exact) mass is 345 g/mol. The molecule has 1 saturated carbocycles. The minimum absolute atomic E-state index is 0.139. The number of nitrogens with one attached hydrogen (secondary N) is 1. The molecule has 1 aromatic carbocycles. The van der Waals surface area contributed by atoms with Gasteiger partial charge in [0.05, 0.1) is 19.3 Å². The van der Waals surface area contributed by atoms with Gasteiger partial charge < -0.3 is 19.4 Å². The van der Waals surface area contributed by atoms with Crippen molar-refractivity contribution in [2.75, 3.05) is 13.2 Å². The summed E-state index contributed by atoms with van der Waals surface area (Å²) in [6.45, 7) is 1.38. The highest BCUT2D eigenvalue weighted by Gasteiger charge is 2.40. The van der Waals surface area contributed by atoms with Crippen LogP contribution in [0.2, 0.25) is 0 Å². The first kappa shape index (κ1) is 16.7. The molecule has 6 heteroatoms. The van der Waals surface area contributed by atoms with Crippen LogP contribution >= 0.6 is 0 Å². The summed E-state index contributed by atoms with van der Waals surface area (Å²) in [5.74, 6) is 0.295. The van der Waals surface area contributed by atoms with Gasteiger partial charge in [0.1, 0.15) is 11.6 Å². The molecule has 4 rings (SSSR count). The molecule has 0 radical (unpaired) electrons. The van der Waals surface area contributed by atoms with Crippen molar-refractivity contribution in [3.05, 3.63) is 53.9 Å². The van der Waals surface area contributed by atoms with E-state index in [1.807, 2.05) is 23.9 Å². The van der Waals surface area contributed by atoms with Crippen molar-refractivity contribution in [1.29, 1.82) is 0 Å². The molecule has 1 atom stereocenters. The highest BCUT2D eigenvalue weighted by Crippen LogP contribution is 2.36. The quantitative estimate of drug-likeness (QED) is 0.926. The molecular weight excluding hydrogens is 321 g/mol. The van der Waals surface area contributed by atoms with E-state index in [4.69, 9.17) is 9.47 Å². The Kier molecular flexibility index (Phi) is 4.58. The first-order valence-electron chi connectivity index (χ1n) is 8.92. The van der Waals surface area contributed by atoms with Crippen molar-refractivity contribution < 1.29 is 13.9 Å². The van der Waals surface area contributed by atoms with E-state index in [0.717, 1.165) is 37.1 Å². The molecular formula is C19H24FN3O2. The lowest BCUT2D eigenvalue weighted by Crippen LogP contribution is -2.43. The summed E-state index contributed by atoms with van der Waals surface area (Å²) in [6.07, 6.45) is 7.41. The number of rotatable bonds is 4. The molecule has 134 valence electrons. The fourth-order valence-electron chi connectivity index (χ4n) is 3.91. The van der Waals surface area contributed by atoms with Gasteiger partial charge in [0, 0.05) is 38.3 Å². The zero-order chi connectivity index (χ0) is 17.3. The van der Waals surface area contributed by atoms with Gasteiger partial charge in [0.25, 0.3) is 0 Å². The molecule has 2 aliphatic rings. The zero-order valence-corrected chi connectivity index (χ0v) is 14.5. The number of aromatic nitrogens is 2. The summed E-state index contributed by atoms with van der Waals surface area (Å²) in [7, 11) is 1.96. The number of nitrogens with zero attached hydrogens (tertiary/aromatic N) is 2. The van der Waals surface area contributed by atoms with Crippen LogP contribution < -0.4 is 5.32 Å². The molecule has 1 N–H and O–H groups in total. The third kappa shape index (κ3) is 3.47. The summed E-state index contributed by atoms with van der Waals surface area (Å²) in [5.41, 5.74) is 0.892. The highest BCUT2D eigenvalue weighted by atomic mass is 19.1. The molecule has 5 nitrogen and oxygen atoms in total. The van der Waals surface area contributed by atoms with Crippen molar-refractivity contribution in [3.63, 3.8) is 0 Å². The lowest BCUT2D eigenvalue weighted by molar-refractivity contribution is -0.179. The Bertz CT molecular complexity index is 717. The minimum atomic E-state index is -0.365. The summed E-state index contributed by atoms with van der Waals surface area (Å²) >= 11 is 0. The smallest absolute Gasteiger partial charge is 0.168 e. The van der Waals surface area contributed by atoms with Gasteiger partial charge in [-0.2, -0.15) is 0 Å². The van der Waals surface area contributed by atoms with Crippen LogP contribution in [-0.4, -0.2) is 34.6 Å². The van der Waals surface area contributed by atoms with Crippen LogP contribution in [0.25, 0.3) is 0 Å². The Labute approximate surface area is 147 Å². The number of benzene rings is 1. The molecule has 1 aromatic heterocycles. The van der Waals surface area contributed by atoms with E-state index < -0.39 is 0 Å². The van der Waals surface area contributed by atoms with Gasteiger partial charge in [0.2, 0.25) is 0 Å². The second kappa shape index (κ2) is 6.86. The van der Waals surface area contributed by atoms with Crippen LogP contribution in [0.15, 0.2) is 36.7 Å². The Morgan fingerprint density at radius 1 is 1.28 bits per heavy atom. The molecule has 1 aliphatic carbocycles. The maximum atomic E-state index is 13.8. The Balaban J connectivity index is 1.52. The molecule has 1 unspecified atom stereocenters. The van der Waals surface area contributed by atoms with Crippen LogP contribution in [0, 0.1) is 5.82 Å². The van der Waals surface area contributed by atoms with Crippen molar-refractivity contribution in [3.8, 4) is 0 Å². The maximum absolute atomic E-state index is 13.8. The van der Waals surface area contributed by atoms with Gasteiger partial charge in [-0.1, -0.05) is 12.1 Å². The molecule has 25 heavy (non-hydrogen) atoms. The van der Waals surface area contributed by atoms with E-state index in [0.29, 0.717) is 19.3 Å². The molecule has 2 fully saturated rings. The van der Waals surface area contributed by atoms with Crippen molar-refractivity contribution in [2.45, 2.75) is 43.6 Å². The fourth-order valence-corrected chi connectivity index (χ4v) is 3.91. The third-order valence-electron chi connectivity index (χ3n) is 5.26. The van der Waals surface area contributed by atoms with E-state index in [-0.39, 0.29) is 17.6 Å². The van der Waals surface area contributed by atoms with Crippen molar-refractivity contribution in [1.82, 2.24) is 14.9 Å². The summed E-state index contributed by atoms with van der Waals surface area (Å²) in [6, 6.07) is 6.93. The van der Waals surface area contributed by atoms with Gasteiger partial charge in [-0.3, -0.25) is 0 Å². The molecule has 1 spiro atoms. The lowest BCUT2D eigenvalue weighted by Gasteiger charge is -2.37. The van der Waals surface area contributed by atoms with E-state index in [9.17, 15) is 4.39 Å². The fraction of sp³-hybridized carbons (Fsp3) is 0.526. The van der Waals surface area contributed by atoms with E-state index in [1.165, 1.54) is 6.07 Å². The normalized spacial score (nSPS) is 21.7. The van der Waals surface area contributed by atoms with Crippen LogP contribution in [0.4, 0.5) is 4.39 Å². The second-order valence-corrected chi connectivity index (χ2v) is 6.93. The molecule has 0 amide bonds. The summed E-state index contributed by atoms with van der Waals surface area (Å²) in [5, 5.41) is 3.69. The van der Waals surface area contributed by atoms with Gasteiger partial charge >= 0.3 is 0 Å². The summed E-state index contributed by atoms with van der Waals surface area (Å²) in [4.78, 5) is 4.49. The van der Waals surface area contributed by atoms with Crippen LogP contribution in [0.1, 0.15) is 43.1 Å². The predicted octanol–water partition coefficient (Wildman–Crippen LogP) is 2.92. The number of ether oxygens (including phenoxy) is 2. The Morgan fingerprint density at radius 2 is 2.04 bits per heavy atom. The summed E-state index contributed by atoms with van der Waals surface area (Å²) < 4.78 is 27.4. The largest absolute Gasteiger partial charge is 0.348 e. The van der Waals surface area contributed by atoms with Gasteiger partial charge in [-0.15, -0.1) is 0 Å². The average molecular weight is 345 g/mol. The molecule has 2 heterocycles. The second-order valence-electron chi connectivity index (χ2n) is 6.93. The maximum Gasteiger partial charge on any atom is 0.168 e. The van der Waals surface area contributed by atoms with Crippen LogP contribution in [-0.2, 0) is 16.5 Å². The van der Waals surface area contributed by atoms with Crippen LogP contribution in [0.5, 0.6) is 0 Å². The predicted molar refractivity (Wildman–Crippen MR) is 91.5 cm³/mol. The number of aryl methyl sites for hydroxylation is 1. The number of hydrogen-bond acceptors (Lipinski definition) is 4. The Morgan fingerprint density at radius 3 is 2.68 bits per heavy atom. The number of hydrogen-bond donors (Lipinski definition) is 1. The molecule has 1 saturated heterocycles. The Hall–Kier alpha value is -1.76. The first-order chi connectivity index (χ1) is 12.2. The molecule has 2 aromatic rings. The number of imidazole rings is 1. The van der Waals surface area contributed by atoms with E-state index in [2.05, 4.69) is 10.3 Å². The third-order valence-corrected chi connectivity index (χ3v) is 5.26. The van der Waals surface area contributed by atoms with Gasteiger partial charge in [0.15, 0.2) is 5.79 Å². The van der Waals surface area contributed by atoms with E-state index >= 15 is 0 Å². The number of halogens is 1. The highest BCUT2D eigenvalue weighted by molar-refractivity contribution is 5.26. The lowest BCUT2D eigenvalue weighted by atomic mass is 9.89. The topological polar surface area (TPSA) is 48.3 Å². The van der Waals surface area contributed by atoms with Crippen LogP contribution in [0.3, 0.4) is 0 Å². The zero-order valence-electron chi connectivity index (χ0n) is 14.5. The van der Waals surface area contributed by atoms with Crippen molar-refractivity contribution in [2.24, 2.45) is 7.05 Å². The molecule has 1 aliphatic heterocycles. The standard InChI is InChI=1S/C19H24FN3O2/c1-23-10-9-21-18(23)17(14-3-2-4-15(20)13-14)22-16-5-7-19(8-6-16)24-11-12-25-19/h2-4,9-10,13,16-17,22H,5-8,11-12H2,1H3. The van der Waals surface area contributed by atoms with Gasteiger partial charge in [-0.25, -0.2) is 9.37 Å². The van der Waals surface area contributed by atoms with Gasteiger partial charge in [-0.05, 0) is 30.5 Å².